The van der Waals surface area contributed by atoms with Crippen LogP contribution in [-0.4, -0.2) is 22.3 Å². The summed E-state index contributed by atoms with van der Waals surface area (Å²) in [4.78, 5) is 13.2. The van der Waals surface area contributed by atoms with E-state index in [1.54, 1.807) is 18.2 Å². The molecule has 3 atom stereocenters. The normalized spacial score (nSPS) is 26.0. The van der Waals surface area contributed by atoms with Gasteiger partial charge in [-0.05, 0) is 23.8 Å². The van der Waals surface area contributed by atoms with Crippen molar-refractivity contribution in [2.45, 2.75) is 17.4 Å². The van der Waals surface area contributed by atoms with E-state index in [4.69, 9.17) is 28.6 Å². The topological polar surface area (TPSA) is 38.3 Å². The molecule has 1 N–H and O–H groups in total. The summed E-state index contributed by atoms with van der Waals surface area (Å²) in [6, 6.07) is 15.0. The van der Waals surface area contributed by atoms with E-state index in [1.165, 1.54) is 0 Å². The molecule has 3 nitrogen and oxygen atoms in total. The van der Waals surface area contributed by atoms with Crippen molar-refractivity contribution in [2.75, 3.05) is 5.32 Å². The van der Waals surface area contributed by atoms with E-state index in [2.05, 4.69) is 5.32 Å². The fraction of sp³-hybridized carbons (Fsp3) is 0.176. The number of fused-ring (bicyclic) bond motifs is 2. The zero-order valence-electron chi connectivity index (χ0n) is 11.5. The highest BCUT2D eigenvalue weighted by molar-refractivity contribution is 7.80. The lowest BCUT2D eigenvalue weighted by atomic mass is 9.88. The number of carbonyl (C=O) groups excluding carboxylic acids is 1. The number of Topliss-reactive ketones (excluding diaryl/α,β-unsaturated/α-hetero) is 1. The minimum atomic E-state index is -0.759. The summed E-state index contributed by atoms with van der Waals surface area (Å²) < 4.78 is 6.05. The second kappa shape index (κ2) is 5.07. The van der Waals surface area contributed by atoms with Crippen LogP contribution in [0.4, 0.5) is 5.69 Å². The van der Waals surface area contributed by atoms with Gasteiger partial charge >= 0.3 is 0 Å². The van der Waals surface area contributed by atoms with E-state index in [0.717, 1.165) is 11.3 Å². The van der Waals surface area contributed by atoms with Gasteiger partial charge in [-0.3, -0.25) is 4.79 Å². The van der Waals surface area contributed by atoms with E-state index in [-0.39, 0.29) is 11.7 Å². The zero-order chi connectivity index (χ0) is 15.3. The van der Waals surface area contributed by atoms with Crippen LogP contribution in [0.15, 0.2) is 48.5 Å². The fourth-order valence-electron chi connectivity index (χ4n) is 3.07. The molecule has 5 heteroatoms. The van der Waals surface area contributed by atoms with Gasteiger partial charge in [-0.1, -0.05) is 42.5 Å². The number of rotatable bonds is 1. The summed E-state index contributed by atoms with van der Waals surface area (Å²) in [7, 11) is 0. The predicted molar refractivity (Wildman–Crippen MR) is 90.2 cm³/mol. The van der Waals surface area contributed by atoms with Crippen LogP contribution in [0.1, 0.15) is 21.8 Å². The van der Waals surface area contributed by atoms with Crippen LogP contribution in [0, 0.1) is 0 Å². The monoisotopic (exact) mass is 329 g/mol. The molecule has 2 aliphatic heterocycles. The summed E-state index contributed by atoms with van der Waals surface area (Å²) in [5.74, 6) is 0.244. The van der Waals surface area contributed by atoms with E-state index < -0.39 is 11.5 Å². The molecule has 0 bridgehead atoms. The molecule has 0 radical (unpaired) electrons. The standard InChI is InChI=1S/C17H12ClNO2S/c18-14-15(20)10-6-2-4-8-12(10)21-16(14)13-9-5-1-3-7-11(9)19-17(13)22/h1-8,13-14,16H,(H,19,22). The van der Waals surface area contributed by atoms with Gasteiger partial charge in [0.1, 0.15) is 17.2 Å². The lowest BCUT2D eigenvalue weighted by Gasteiger charge is -2.32. The third-order valence-electron chi connectivity index (χ3n) is 4.12. The van der Waals surface area contributed by atoms with Gasteiger partial charge in [0.2, 0.25) is 0 Å². The smallest absolute Gasteiger partial charge is 0.188 e. The number of ketones is 1. The van der Waals surface area contributed by atoms with Gasteiger partial charge in [-0.15, -0.1) is 11.6 Å². The first-order chi connectivity index (χ1) is 10.7. The van der Waals surface area contributed by atoms with Crippen molar-refractivity contribution in [1.29, 1.82) is 0 Å². The third-order valence-corrected chi connectivity index (χ3v) is 4.92. The molecule has 2 aromatic rings. The number of alkyl halides is 1. The van der Waals surface area contributed by atoms with Crippen molar-refractivity contribution in [3.05, 3.63) is 59.7 Å². The Morgan fingerprint density at radius 3 is 2.68 bits per heavy atom. The third kappa shape index (κ3) is 1.95. The summed E-state index contributed by atoms with van der Waals surface area (Å²) in [5.41, 5.74) is 2.51. The Hall–Kier alpha value is -1.91. The quantitative estimate of drug-likeness (QED) is 0.638. The summed E-state index contributed by atoms with van der Waals surface area (Å²) >= 11 is 11.9. The molecule has 0 aromatic heterocycles. The molecule has 0 aliphatic carbocycles. The van der Waals surface area contributed by atoms with Crippen molar-refractivity contribution in [3.8, 4) is 5.75 Å². The Bertz CT molecular complexity index is 792. The van der Waals surface area contributed by atoms with Crippen LogP contribution in [-0.2, 0) is 0 Å². The maximum atomic E-state index is 12.5. The van der Waals surface area contributed by atoms with E-state index >= 15 is 0 Å². The number of ether oxygens (including phenoxy) is 1. The Labute approximate surface area is 138 Å². The highest BCUT2D eigenvalue weighted by atomic mass is 35.5. The second-order valence-electron chi connectivity index (χ2n) is 5.40. The van der Waals surface area contributed by atoms with Crippen LogP contribution < -0.4 is 10.1 Å². The van der Waals surface area contributed by atoms with Gasteiger partial charge < -0.3 is 10.1 Å². The van der Waals surface area contributed by atoms with Crippen LogP contribution in [0.25, 0.3) is 0 Å². The predicted octanol–water partition coefficient (Wildman–Crippen LogP) is 3.77. The van der Waals surface area contributed by atoms with Gasteiger partial charge in [0.25, 0.3) is 0 Å². The van der Waals surface area contributed by atoms with Crippen LogP contribution in [0.3, 0.4) is 0 Å². The molecule has 2 heterocycles. The fourth-order valence-corrected chi connectivity index (χ4v) is 3.76. The Morgan fingerprint density at radius 2 is 1.82 bits per heavy atom. The van der Waals surface area contributed by atoms with Gasteiger partial charge in [0.05, 0.1) is 16.5 Å². The van der Waals surface area contributed by atoms with Crippen molar-refractivity contribution in [2.24, 2.45) is 0 Å². The van der Waals surface area contributed by atoms with E-state index in [1.807, 2.05) is 30.3 Å². The van der Waals surface area contributed by atoms with Crippen molar-refractivity contribution < 1.29 is 9.53 Å². The average Bonchev–Trinajstić information content (AvgIpc) is 2.87. The van der Waals surface area contributed by atoms with Gasteiger partial charge in [-0.2, -0.15) is 0 Å². The van der Waals surface area contributed by atoms with E-state index in [9.17, 15) is 4.79 Å². The second-order valence-corrected chi connectivity index (χ2v) is 6.31. The molecule has 0 saturated heterocycles. The molecule has 4 rings (SSSR count). The van der Waals surface area contributed by atoms with Crippen LogP contribution >= 0.6 is 23.8 Å². The number of halogens is 1. The number of hydrogen-bond acceptors (Lipinski definition) is 3. The summed E-state index contributed by atoms with van der Waals surface area (Å²) in [6.07, 6.45) is -0.507. The molecule has 2 aromatic carbocycles. The molecular formula is C17H12ClNO2S. The number of carbonyl (C=O) groups is 1. The number of thiocarbonyl (C=S) groups is 1. The number of hydrogen-bond donors (Lipinski definition) is 1. The maximum Gasteiger partial charge on any atom is 0.188 e. The molecule has 0 amide bonds. The first-order valence-corrected chi connectivity index (χ1v) is 7.85. The van der Waals surface area contributed by atoms with Crippen LogP contribution in [0.5, 0.6) is 5.75 Å². The molecule has 0 saturated carbocycles. The lowest BCUT2D eigenvalue weighted by Crippen LogP contribution is -2.44. The number of nitrogens with one attached hydrogen (secondary N) is 1. The van der Waals surface area contributed by atoms with Crippen molar-refractivity contribution in [1.82, 2.24) is 0 Å². The van der Waals surface area contributed by atoms with Crippen molar-refractivity contribution >= 4 is 40.3 Å². The summed E-state index contributed by atoms with van der Waals surface area (Å²) in [6.45, 7) is 0. The largest absolute Gasteiger partial charge is 0.487 e. The molecule has 2 aliphatic rings. The summed E-state index contributed by atoms with van der Waals surface area (Å²) in [5, 5.41) is 2.43. The maximum absolute atomic E-state index is 12.5. The molecule has 0 fully saturated rings. The molecule has 110 valence electrons. The molecule has 3 unspecified atom stereocenters. The first kappa shape index (κ1) is 13.7. The highest BCUT2D eigenvalue weighted by Gasteiger charge is 2.45. The number of para-hydroxylation sites is 2. The molecule has 22 heavy (non-hydrogen) atoms. The Kier molecular flexibility index (Phi) is 3.17. The molecular weight excluding hydrogens is 318 g/mol. The number of benzene rings is 2. The number of anilines is 1. The van der Waals surface area contributed by atoms with Gasteiger partial charge in [-0.25, -0.2) is 0 Å². The van der Waals surface area contributed by atoms with E-state index in [0.29, 0.717) is 16.3 Å². The Balaban J connectivity index is 1.78. The molecule has 0 spiro atoms. The van der Waals surface area contributed by atoms with Gasteiger partial charge in [0, 0.05) is 5.69 Å². The van der Waals surface area contributed by atoms with Crippen LogP contribution in [0.2, 0.25) is 0 Å². The Morgan fingerprint density at radius 1 is 1.09 bits per heavy atom. The van der Waals surface area contributed by atoms with Crippen molar-refractivity contribution in [3.63, 3.8) is 0 Å². The minimum absolute atomic E-state index is 0.110. The SMILES string of the molecule is O=C1c2ccccc2OC(C2C(=S)Nc3ccccc32)C1Cl. The minimum Gasteiger partial charge on any atom is -0.487 e. The first-order valence-electron chi connectivity index (χ1n) is 7.00. The van der Waals surface area contributed by atoms with Gasteiger partial charge in [0.15, 0.2) is 5.78 Å². The zero-order valence-corrected chi connectivity index (χ0v) is 13.0. The lowest BCUT2D eigenvalue weighted by molar-refractivity contribution is 0.0853. The average molecular weight is 330 g/mol. The highest BCUT2D eigenvalue weighted by Crippen LogP contribution is 2.42.